The first-order valence-corrected chi connectivity index (χ1v) is 6.68. The molecule has 1 heterocycles. The van der Waals surface area contributed by atoms with Gasteiger partial charge in [0.1, 0.15) is 6.04 Å². The number of hydrogen-bond donors (Lipinski definition) is 0. The maximum atomic E-state index is 11.7. The lowest BCUT2D eigenvalue weighted by molar-refractivity contribution is -0.155. The van der Waals surface area contributed by atoms with E-state index in [0.29, 0.717) is 12.7 Å². The molecule has 0 amide bonds. The first-order chi connectivity index (χ1) is 8.11. The molecule has 4 nitrogen and oxygen atoms in total. The van der Waals surface area contributed by atoms with Gasteiger partial charge in [0.15, 0.2) is 0 Å². The van der Waals surface area contributed by atoms with Crippen molar-refractivity contribution in [2.24, 2.45) is 5.92 Å². The Hall–Kier alpha value is -0.610. The Morgan fingerprint density at radius 3 is 2.76 bits per heavy atom. The summed E-state index contributed by atoms with van der Waals surface area (Å²) in [5.41, 5.74) is 0. The molecule has 2 aliphatic rings. The van der Waals surface area contributed by atoms with Crippen LogP contribution in [-0.2, 0) is 14.3 Å². The minimum atomic E-state index is -0.150. The fourth-order valence-corrected chi connectivity index (χ4v) is 2.48. The molecule has 0 aromatic heterocycles. The van der Waals surface area contributed by atoms with Gasteiger partial charge in [-0.15, -0.1) is 0 Å². The molecule has 1 aliphatic carbocycles. The second-order valence-electron chi connectivity index (χ2n) is 5.20. The lowest BCUT2D eigenvalue weighted by Crippen LogP contribution is -2.53. The van der Waals surface area contributed by atoms with Crippen LogP contribution in [0, 0.1) is 5.92 Å². The summed E-state index contributed by atoms with van der Waals surface area (Å²) in [6.45, 7) is 8.01. The molecular weight excluding hydrogens is 218 g/mol. The van der Waals surface area contributed by atoms with E-state index >= 15 is 0 Å². The number of nitrogens with zero attached hydrogens (tertiary/aromatic N) is 1. The number of carbonyl (C=O) groups is 1. The monoisotopic (exact) mass is 241 g/mol. The quantitative estimate of drug-likeness (QED) is 0.698. The highest BCUT2D eigenvalue weighted by Gasteiger charge is 2.39. The molecule has 4 heteroatoms. The minimum absolute atomic E-state index is 0.115. The van der Waals surface area contributed by atoms with Crippen LogP contribution in [0.5, 0.6) is 0 Å². The summed E-state index contributed by atoms with van der Waals surface area (Å²) in [5, 5.41) is 0. The van der Waals surface area contributed by atoms with Crippen molar-refractivity contribution in [3.8, 4) is 0 Å². The number of morpholine rings is 1. The summed E-state index contributed by atoms with van der Waals surface area (Å²) in [6, 6.07) is -0.150. The summed E-state index contributed by atoms with van der Waals surface area (Å²) in [6.07, 6.45) is 3.08. The topological polar surface area (TPSA) is 38.8 Å². The summed E-state index contributed by atoms with van der Waals surface area (Å²) < 4.78 is 11.0. The Balaban J connectivity index is 1.92. The van der Waals surface area contributed by atoms with Crippen molar-refractivity contribution >= 4 is 5.97 Å². The molecule has 0 bridgehead atoms. The van der Waals surface area contributed by atoms with Crippen molar-refractivity contribution in [2.75, 3.05) is 19.7 Å². The zero-order valence-electron chi connectivity index (χ0n) is 11.0. The third-order valence-electron chi connectivity index (χ3n) is 3.64. The third kappa shape index (κ3) is 3.19. The molecule has 0 N–H and O–H groups in total. The number of rotatable bonds is 4. The van der Waals surface area contributed by atoms with Gasteiger partial charge in [-0.25, -0.2) is 0 Å². The maximum Gasteiger partial charge on any atom is 0.323 e. The molecule has 3 unspecified atom stereocenters. The number of esters is 1. The summed E-state index contributed by atoms with van der Waals surface area (Å²) >= 11 is 0. The predicted octanol–water partition coefficient (Wildman–Crippen LogP) is 1.44. The maximum absolute atomic E-state index is 11.7. The highest BCUT2D eigenvalue weighted by Crippen LogP contribution is 2.36. The van der Waals surface area contributed by atoms with Crippen molar-refractivity contribution in [2.45, 2.75) is 51.9 Å². The molecule has 2 fully saturated rings. The van der Waals surface area contributed by atoms with Gasteiger partial charge in [-0.1, -0.05) is 0 Å². The van der Waals surface area contributed by atoms with Gasteiger partial charge in [-0.05, 0) is 39.5 Å². The Kier molecular flexibility index (Phi) is 4.05. The molecule has 1 saturated carbocycles. The van der Waals surface area contributed by atoms with E-state index in [1.165, 1.54) is 12.8 Å². The van der Waals surface area contributed by atoms with Crippen molar-refractivity contribution in [1.82, 2.24) is 4.90 Å². The molecule has 3 atom stereocenters. The van der Waals surface area contributed by atoms with Gasteiger partial charge >= 0.3 is 5.97 Å². The average Bonchev–Trinajstić information content (AvgIpc) is 3.11. The van der Waals surface area contributed by atoms with Crippen LogP contribution >= 0.6 is 0 Å². The smallest absolute Gasteiger partial charge is 0.323 e. The van der Waals surface area contributed by atoms with Crippen LogP contribution in [0.3, 0.4) is 0 Å². The van der Waals surface area contributed by atoms with Crippen molar-refractivity contribution < 1.29 is 14.3 Å². The predicted molar refractivity (Wildman–Crippen MR) is 64.7 cm³/mol. The van der Waals surface area contributed by atoms with Crippen LogP contribution in [0.1, 0.15) is 33.6 Å². The van der Waals surface area contributed by atoms with Gasteiger partial charge in [-0.2, -0.15) is 0 Å². The largest absolute Gasteiger partial charge is 0.465 e. The third-order valence-corrected chi connectivity index (χ3v) is 3.64. The van der Waals surface area contributed by atoms with Crippen molar-refractivity contribution in [3.05, 3.63) is 0 Å². The van der Waals surface area contributed by atoms with E-state index in [-0.39, 0.29) is 18.1 Å². The molecule has 1 aliphatic heterocycles. The van der Waals surface area contributed by atoms with Crippen LogP contribution in [0.4, 0.5) is 0 Å². The van der Waals surface area contributed by atoms with E-state index < -0.39 is 0 Å². The van der Waals surface area contributed by atoms with Gasteiger partial charge in [0.25, 0.3) is 0 Å². The van der Waals surface area contributed by atoms with E-state index in [9.17, 15) is 4.79 Å². The zero-order valence-corrected chi connectivity index (χ0v) is 11.0. The molecule has 17 heavy (non-hydrogen) atoms. The fraction of sp³-hybridized carbons (Fsp3) is 0.923. The van der Waals surface area contributed by atoms with Crippen LogP contribution in [0.15, 0.2) is 0 Å². The van der Waals surface area contributed by atoms with E-state index in [1.54, 1.807) is 0 Å². The lowest BCUT2D eigenvalue weighted by Gasteiger charge is -2.39. The highest BCUT2D eigenvalue weighted by molar-refractivity contribution is 5.75. The van der Waals surface area contributed by atoms with Crippen molar-refractivity contribution in [3.63, 3.8) is 0 Å². The van der Waals surface area contributed by atoms with Gasteiger partial charge in [-0.3, -0.25) is 9.69 Å². The minimum Gasteiger partial charge on any atom is -0.465 e. The summed E-state index contributed by atoms with van der Waals surface area (Å²) in [7, 11) is 0. The lowest BCUT2D eigenvalue weighted by atomic mass is 10.1. The molecule has 2 rings (SSSR count). The molecule has 0 aromatic rings. The van der Waals surface area contributed by atoms with E-state index in [4.69, 9.17) is 9.47 Å². The second kappa shape index (κ2) is 5.36. The van der Waals surface area contributed by atoms with Gasteiger partial charge < -0.3 is 9.47 Å². The van der Waals surface area contributed by atoms with E-state index in [0.717, 1.165) is 19.0 Å². The molecule has 1 saturated heterocycles. The van der Waals surface area contributed by atoms with Crippen molar-refractivity contribution in [1.29, 1.82) is 0 Å². The normalized spacial score (nSPS) is 32.2. The van der Waals surface area contributed by atoms with Gasteiger partial charge in [0.05, 0.1) is 18.8 Å². The Morgan fingerprint density at radius 1 is 1.47 bits per heavy atom. The number of hydrogen-bond acceptors (Lipinski definition) is 4. The Labute approximate surface area is 103 Å². The molecule has 0 spiro atoms. The molecule has 0 aromatic carbocycles. The van der Waals surface area contributed by atoms with Crippen LogP contribution in [0.2, 0.25) is 0 Å². The van der Waals surface area contributed by atoms with Crippen LogP contribution < -0.4 is 0 Å². The van der Waals surface area contributed by atoms with Crippen LogP contribution in [-0.4, -0.2) is 48.8 Å². The average molecular weight is 241 g/mol. The van der Waals surface area contributed by atoms with Gasteiger partial charge in [0, 0.05) is 13.1 Å². The van der Waals surface area contributed by atoms with Crippen LogP contribution in [0.25, 0.3) is 0 Å². The highest BCUT2D eigenvalue weighted by atomic mass is 16.5. The summed E-state index contributed by atoms with van der Waals surface area (Å²) in [4.78, 5) is 13.9. The number of carbonyl (C=O) groups excluding carboxylic acids is 1. The fourth-order valence-electron chi connectivity index (χ4n) is 2.48. The standard InChI is InChI=1S/C13H23NO3/c1-4-16-13(15)10(3)14-7-9(2)17-12(8-14)11-5-6-11/h9-12H,4-8H2,1-3H3. The zero-order chi connectivity index (χ0) is 12.4. The first-order valence-electron chi connectivity index (χ1n) is 6.68. The SMILES string of the molecule is CCOC(=O)C(C)N1CC(C)OC(C2CC2)C1. The summed E-state index contributed by atoms with van der Waals surface area (Å²) in [5.74, 6) is 0.603. The second-order valence-corrected chi connectivity index (χ2v) is 5.20. The van der Waals surface area contributed by atoms with E-state index in [1.807, 2.05) is 13.8 Å². The molecule has 0 radical (unpaired) electrons. The molecule has 98 valence electrons. The first kappa shape index (κ1) is 12.8. The Morgan fingerprint density at radius 2 is 2.18 bits per heavy atom. The van der Waals surface area contributed by atoms with E-state index in [2.05, 4.69) is 11.8 Å². The molecular formula is C13H23NO3. The Bertz CT molecular complexity index is 278. The number of ether oxygens (including phenoxy) is 2. The van der Waals surface area contributed by atoms with Gasteiger partial charge in [0.2, 0.25) is 0 Å².